The van der Waals surface area contributed by atoms with Gasteiger partial charge in [0.2, 0.25) is 0 Å². The summed E-state index contributed by atoms with van der Waals surface area (Å²) in [6.07, 6.45) is 0.521. The zero-order valence-corrected chi connectivity index (χ0v) is 11.1. The van der Waals surface area contributed by atoms with Gasteiger partial charge in [-0.1, -0.05) is 13.8 Å². The molecule has 0 saturated heterocycles. The third-order valence-electron chi connectivity index (χ3n) is 3.16. The monoisotopic (exact) mass is 267 g/mol. The van der Waals surface area contributed by atoms with E-state index in [-0.39, 0.29) is 24.1 Å². The Morgan fingerprint density at radius 3 is 2.37 bits per heavy atom. The van der Waals surface area contributed by atoms with E-state index in [4.69, 9.17) is 0 Å². The number of aryl methyl sites for hydroxylation is 1. The summed E-state index contributed by atoms with van der Waals surface area (Å²) >= 11 is 0. The lowest BCUT2D eigenvalue weighted by molar-refractivity contribution is -0.144. The summed E-state index contributed by atoms with van der Waals surface area (Å²) in [6, 6.07) is 2.48. The van der Waals surface area contributed by atoms with Crippen LogP contribution in [0.1, 0.15) is 37.2 Å². The third-order valence-corrected chi connectivity index (χ3v) is 3.16. The lowest BCUT2D eigenvalue weighted by Gasteiger charge is -2.27. The van der Waals surface area contributed by atoms with Crippen LogP contribution in [0.4, 0.5) is 0 Å². The molecule has 1 aromatic heterocycles. The number of nitrogens with zero attached hydrogens (tertiary/aromatic N) is 2. The van der Waals surface area contributed by atoms with Gasteiger partial charge in [-0.3, -0.25) is 9.59 Å². The van der Waals surface area contributed by atoms with Crippen molar-refractivity contribution in [1.82, 2.24) is 15.1 Å². The number of carbonyl (C=O) groups excluding carboxylic acids is 1. The molecule has 1 aromatic rings. The summed E-state index contributed by atoms with van der Waals surface area (Å²) in [6.45, 7) is 3.37. The van der Waals surface area contributed by atoms with Gasteiger partial charge >= 0.3 is 5.97 Å². The predicted octanol–water partition coefficient (Wildman–Crippen LogP) is 0.153. The number of nitrogens with one attached hydrogen (secondary N) is 1. The first-order valence-electron chi connectivity index (χ1n) is 5.96. The summed E-state index contributed by atoms with van der Waals surface area (Å²) in [5, 5.41) is 15.5. The summed E-state index contributed by atoms with van der Waals surface area (Å²) in [5.41, 5.74) is -1.64. The summed E-state index contributed by atoms with van der Waals surface area (Å²) in [5.74, 6) is -1.70. The van der Waals surface area contributed by atoms with Crippen molar-refractivity contribution in [1.29, 1.82) is 0 Å². The van der Waals surface area contributed by atoms with E-state index in [2.05, 4.69) is 10.4 Å². The molecule has 1 rings (SSSR count). The molecule has 0 radical (unpaired) electrons. The number of hydrogen-bond acceptors (Lipinski definition) is 4. The number of hydrogen-bond donors (Lipinski definition) is 2. The van der Waals surface area contributed by atoms with Crippen LogP contribution in [0.3, 0.4) is 0 Å². The summed E-state index contributed by atoms with van der Waals surface area (Å²) < 4.78 is 1.02. The highest BCUT2D eigenvalue weighted by molar-refractivity contribution is 5.96. The van der Waals surface area contributed by atoms with Gasteiger partial charge in [-0.25, -0.2) is 9.48 Å². The van der Waals surface area contributed by atoms with Gasteiger partial charge < -0.3 is 10.4 Å². The predicted molar refractivity (Wildman–Crippen MR) is 67.9 cm³/mol. The summed E-state index contributed by atoms with van der Waals surface area (Å²) in [7, 11) is 1.42. The smallest absolute Gasteiger partial charge is 0.329 e. The standard InChI is InChI=1S/C12H17N3O4/c1-4-12(5-2,11(18)19)13-10(17)8-6-7-9(16)15(3)14-8/h6-7H,4-5H2,1-3H3,(H,13,17)(H,18,19). The molecule has 0 bridgehead atoms. The Bertz CT molecular complexity index is 546. The number of aromatic nitrogens is 2. The minimum atomic E-state index is -1.31. The van der Waals surface area contributed by atoms with E-state index >= 15 is 0 Å². The van der Waals surface area contributed by atoms with Gasteiger partial charge in [0.25, 0.3) is 11.5 Å². The maximum atomic E-state index is 12.0. The molecule has 1 heterocycles. The molecule has 7 nitrogen and oxygen atoms in total. The Labute approximate surface area is 110 Å². The minimum absolute atomic E-state index is 0.00891. The van der Waals surface area contributed by atoms with Gasteiger partial charge in [0, 0.05) is 13.1 Å². The Morgan fingerprint density at radius 1 is 1.37 bits per heavy atom. The molecule has 7 heteroatoms. The van der Waals surface area contributed by atoms with E-state index in [9.17, 15) is 19.5 Å². The van der Waals surface area contributed by atoms with Gasteiger partial charge in [-0.2, -0.15) is 5.10 Å². The number of carboxylic acid groups (broad SMARTS) is 1. The van der Waals surface area contributed by atoms with Crippen molar-refractivity contribution in [2.24, 2.45) is 7.05 Å². The number of aliphatic carboxylic acids is 1. The van der Waals surface area contributed by atoms with Gasteiger partial charge in [0.15, 0.2) is 0 Å². The van der Waals surface area contributed by atoms with Crippen molar-refractivity contribution in [3.8, 4) is 0 Å². The molecule has 0 unspecified atom stereocenters. The SMILES string of the molecule is CCC(CC)(NC(=O)c1ccc(=O)n(C)n1)C(=O)O. The maximum absolute atomic E-state index is 12.0. The van der Waals surface area contributed by atoms with Crippen molar-refractivity contribution >= 4 is 11.9 Å². The quantitative estimate of drug-likeness (QED) is 0.791. The summed E-state index contributed by atoms with van der Waals surface area (Å²) in [4.78, 5) is 34.4. The molecule has 0 saturated carbocycles. The minimum Gasteiger partial charge on any atom is -0.480 e. The lowest BCUT2D eigenvalue weighted by atomic mass is 9.93. The molecule has 0 aliphatic rings. The topological polar surface area (TPSA) is 101 Å². The van der Waals surface area contributed by atoms with Gasteiger partial charge in [0.05, 0.1) is 0 Å². The van der Waals surface area contributed by atoms with Crippen LogP contribution in [0.2, 0.25) is 0 Å². The van der Waals surface area contributed by atoms with Crippen molar-refractivity contribution in [2.45, 2.75) is 32.2 Å². The van der Waals surface area contributed by atoms with Crippen LogP contribution in [0.25, 0.3) is 0 Å². The lowest BCUT2D eigenvalue weighted by Crippen LogP contribution is -2.54. The maximum Gasteiger partial charge on any atom is 0.329 e. The Morgan fingerprint density at radius 2 is 1.95 bits per heavy atom. The van der Waals surface area contributed by atoms with Gasteiger partial charge in [0.1, 0.15) is 11.2 Å². The Hall–Kier alpha value is -2.18. The fraction of sp³-hybridized carbons (Fsp3) is 0.500. The normalized spacial score (nSPS) is 11.1. The van der Waals surface area contributed by atoms with E-state index in [0.29, 0.717) is 0 Å². The average Bonchev–Trinajstić information content (AvgIpc) is 2.38. The van der Waals surface area contributed by atoms with Gasteiger partial charge in [-0.05, 0) is 18.9 Å². The fourth-order valence-corrected chi connectivity index (χ4v) is 1.69. The molecule has 0 aliphatic carbocycles. The van der Waals surface area contributed by atoms with Crippen LogP contribution in [0.15, 0.2) is 16.9 Å². The molecular weight excluding hydrogens is 250 g/mol. The van der Waals surface area contributed by atoms with Gasteiger partial charge in [-0.15, -0.1) is 0 Å². The molecule has 0 aliphatic heterocycles. The zero-order valence-electron chi connectivity index (χ0n) is 11.1. The first-order valence-corrected chi connectivity index (χ1v) is 5.96. The Kier molecular flexibility index (Phi) is 4.42. The molecule has 1 amide bonds. The highest BCUT2D eigenvalue weighted by Crippen LogP contribution is 2.16. The van der Waals surface area contributed by atoms with Crippen LogP contribution >= 0.6 is 0 Å². The zero-order chi connectivity index (χ0) is 14.6. The molecule has 0 fully saturated rings. The largest absolute Gasteiger partial charge is 0.480 e. The highest BCUT2D eigenvalue weighted by atomic mass is 16.4. The van der Waals surface area contributed by atoms with E-state index in [1.54, 1.807) is 13.8 Å². The molecular formula is C12H17N3O4. The van der Waals surface area contributed by atoms with Crippen LogP contribution < -0.4 is 10.9 Å². The van der Waals surface area contributed by atoms with Crippen molar-refractivity contribution in [3.63, 3.8) is 0 Å². The van der Waals surface area contributed by atoms with E-state index in [1.165, 1.54) is 19.2 Å². The van der Waals surface area contributed by atoms with E-state index in [1.807, 2.05) is 0 Å². The number of rotatable bonds is 5. The second-order valence-electron chi connectivity index (χ2n) is 4.23. The molecule has 0 atom stereocenters. The van der Waals surface area contributed by atoms with Crippen molar-refractivity contribution < 1.29 is 14.7 Å². The molecule has 104 valence electrons. The first-order chi connectivity index (χ1) is 8.86. The van der Waals surface area contributed by atoms with Crippen molar-refractivity contribution in [2.75, 3.05) is 0 Å². The number of carbonyl (C=O) groups is 2. The fourth-order valence-electron chi connectivity index (χ4n) is 1.69. The highest BCUT2D eigenvalue weighted by Gasteiger charge is 2.36. The van der Waals surface area contributed by atoms with Crippen LogP contribution in [-0.2, 0) is 11.8 Å². The first kappa shape index (κ1) is 14.9. The number of amides is 1. The van der Waals surface area contributed by atoms with Crippen LogP contribution in [0.5, 0.6) is 0 Å². The molecule has 19 heavy (non-hydrogen) atoms. The third kappa shape index (κ3) is 2.98. The molecule has 0 spiro atoms. The molecule has 2 N–H and O–H groups in total. The number of carboxylic acids is 1. The van der Waals surface area contributed by atoms with Crippen molar-refractivity contribution in [3.05, 3.63) is 28.2 Å². The van der Waals surface area contributed by atoms with Crippen LogP contribution in [0, 0.1) is 0 Å². The van der Waals surface area contributed by atoms with Crippen LogP contribution in [-0.4, -0.2) is 32.3 Å². The Balaban J connectivity index is 3.03. The second kappa shape index (κ2) is 5.64. The van der Waals surface area contributed by atoms with E-state index < -0.39 is 17.4 Å². The average molecular weight is 267 g/mol. The second-order valence-corrected chi connectivity index (χ2v) is 4.23. The van der Waals surface area contributed by atoms with E-state index in [0.717, 1.165) is 4.68 Å². The molecule has 0 aromatic carbocycles.